The fourth-order valence-corrected chi connectivity index (χ4v) is 1.01. The summed E-state index contributed by atoms with van der Waals surface area (Å²) in [5, 5.41) is 9.24. The van der Waals surface area contributed by atoms with Gasteiger partial charge in [-0.15, -0.1) is 0 Å². The Balaban J connectivity index is 2.97. The van der Waals surface area contributed by atoms with Crippen LogP contribution in [-0.4, -0.2) is 11.2 Å². The molecule has 61 valence electrons. The molecule has 0 aromatic carbocycles. The molecule has 1 unspecified atom stereocenters. The minimum Gasteiger partial charge on any atom is -0.393 e. The second kappa shape index (κ2) is 7.07. The van der Waals surface area contributed by atoms with Gasteiger partial charge in [-0.05, 0) is 12.8 Å². The van der Waals surface area contributed by atoms with Crippen LogP contribution in [-0.2, 0) is 0 Å². The van der Waals surface area contributed by atoms with Crippen LogP contribution in [0.15, 0.2) is 0 Å². The zero-order valence-corrected chi connectivity index (χ0v) is 6.97. The number of hydrogen-bond donors (Lipinski definition) is 1. The van der Waals surface area contributed by atoms with Gasteiger partial charge in [0.05, 0.1) is 6.10 Å². The molecule has 0 rings (SSSR count). The van der Waals surface area contributed by atoms with Gasteiger partial charge >= 0.3 is 0 Å². The highest BCUT2D eigenvalue weighted by atomic mass is 16.3. The maximum atomic E-state index is 9.24. The minimum absolute atomic E-state index is 0.0935. The number of aliphatic hydroxyl groups excluding tert-OH is 1. The van der Waals surface area contributed by atoms with E-state index >= 15 is 0 Å². The van der Waals surface area contributed by atoms with Crippen LogP contribution in [0.3, 0.4) is 0 Å². The van der Waals surface area contributed by atoms with E-state index in [1.165, 1.54) is 12.8 Å². The second-order valence-electron chi connectivity index (χ2n) is 2.79. The molecular formula is C9H19O. The van der Waals surface area contributed by atoms with Crippen molar-refractivity contribution in [2.24, 2.45) is 0 Å². The van der Waals surface area contributed by atoms with Crippen molar-refractivity contribution in [1.82, 2.24) is 0 Å². The van der Waals surface area contributed by atoms with Gasteiger partial charge in [0.15, 0.2) is 0 Å². The van der Waals surface area contributed by atoms with E-state index in [4.69, 9.17) is 0 Å². The van der Waals surface area contributed by atoms with Gasteiger partial charge in [-0.2, -0.15) is 0 Å². The van der Waals surface area contributed by atoms with E-state index in [2.05, 4.69) is 13.8 Å². The Hall–Kier alpha value is -0.0400. The first-order valence-corrected chi connectivity index (χ1v) is 4.28. The van der Waals surface area contributed by atoms with Crippen molar-refractivity contribution >= 4 is 0 Å². The Morgan fingerprint density at radius 3 is 2.50 bits per heavy atom. The van der Waals surface area contributed by atoms with E-state index in [1.807, 2.05) is 0 Å². The molecule has 0 amide bonds. The average molecular weight is 143 g/mol. The normalized spacial score (nSPS) is 13.5. The van der Waals surface area contributed by atoms with Crippen molar-refractivity contribution in [3.8, 4) is 0 Å². The van der Waals surface area contributed by atoms with Crippen LogP contribution in [0.2, 0.25) is 0 Å². The molecule has 0 bridgehead atoms. The van der Waals surface area contributed by atoms with Gasteiger partial charge in [0, 0.05) is 0 Å². The fourth-order valence-electron chi connectivity index (χ4n) is 1.01. The molecule has 1 radical (unpaired) electrons. The van der Waals surface area contributed by atoms with E-state index in [0.717, 1.165) is 25.7 Å². The first kappa shape index (κ1) is 9.96. The van der Waals surface area contributed by atoms with E-state index in [1.54, 1.807) is 0 Å². The fraction of sp³-hybridized carbons (Fsp3) is 0.889. The van der Waals surface area contributed by atoms with Crippen molar-refractivity contribution in [3.63, 3.8) is 0 Å². The molecule has 10 heavy (non-hydrogen) atoms. The summed E-state index contributed by atoms with van der Waals surface area (Å²) in [7, 11) is 0. The molecule has 0 spiro atoms. The summed E-state index contributed by atoms with van der Waals surface area (Å²) in [6, 6.07) is 0. The van der Waals surface area contributed by atoms with Crippen molar-refractivity contribution in [2.75, 3.05) is 0 Å². The highest BCUT2D eigenvalue weighted by molar-refractivity contribution is 4.56. The Labute approximate surface area is 64.5 Å². The summed E-state index contributed by atoms with van der Waals surface area (Å²) in [6.45, 7) is 5.87. The summed E-state index contributed by atoms with van der Waals surface area (Å²) in [6.07, 6.45) is 6.23. The van der Waals surface area contributed by atoms with Gasteiger partial charge in [0.25, 0.3) is 0 Å². The molecule has 0 aliphatic rings. The molecule has 0 aromatic heterocycles. The Bertz CT molecular complexity index is 61.7. The van der Waals surface area contributed by atoms with Crippen LogP contribution in [0.5, 0.6) is 0 Å². The van der Waals surface area contributed by atoms with E-state index in [-0.39, 0.29) is 6.10 Å². The van der Waals surface area contributed by atoms with Gasteiger partial charge in [-0.1, -0.05) is 39.5 Å². The van der Waals surface area contributed by atoms with Gasteiger partial charge in [-0.25, -0.2) is 0 Å². The average Bonchev–Trinajstić information content (AvgIpc) is 1.89. The molecule has 0 saturated heterocycles. The minimum atomic E-state index is -0.0935. The molecule has 0 heterocycles. The first-order valence-electron chi connectivity index (χ1n) is 4.28. The third-order valence-electron chi connectivity index (χ3n) is 1.68. The van der Waals surface area contributed by atoms with Crippen LogP contribution >= 0.6 is 0 Å². The second-order valence-corrected chi connectivity index (χ2v) is 2.79. The van der Waals surface area contributed by atoms with E-state index in [0.29, 0.717) is 0 Å². The number of hydrogen-bond acceptors (Lipinski definition) is 1. The lowest BCUT2D eigenvalue weighted by atomic mass is 10.1. The van der Waals surface area contributed by atoms with Gasteiger partial charge in [0.1, 0.15) is 0 Å². The lowest BCUT2D eigenvalue weighted by Gasteiger charge is -2.06. The number of aliphatic hydroxyl groups is 1. The van der Waals surface area contributed by atoms with Crippen LogP contribution in [0.25, 0.3) is 0 Å². The van der Waals surface area contributed by atoms with Gasteiger partial charge in [0.2, 0.25) is 0 Å². The Kier molecular flexibility index (Phi) is 7.04. The number of unbranched alkanes of at least 4 members (excludes halogenated alkanes) is 2. The van der Waals surface area contributed by atoms with Crippen LogP contribution in [0.4, 0.5) is 0 Å². The maximum Gasteiger partial charge on any atom is 0.0540 e. The first-order chi connectivity index (χ1) is 4.81. The summed E-state index contributed by atoms with van der Waals surface area (Å²) in [5.41, 5.74) is 0. The third-order valence-corrected chi connectivity index (χ3v) is 1.68. The molecule has 1 N–H and O–H groups in total. The Morgan fingerprint density at radius 2 is 2.00 bits per heavy atom. The molecule has 0 fully saturated rings. The Morgan fingerprint density at radius 1 is 1.30 bits per heavy atom. The molecule has 0 saturated carbocycles. The topological polar surface area (TPSA) is 20.2 Å². The third kappa shape index (κ3) is 6.09. The predicted octanol–water partition coefficient (Wildman–Crippen LogP) is 2.54. The molecule has 0 aliphatic heterocycles. The zero-order chi connectivity index (χ0) is 7.82. The van der Waals surface area contributed by atoms with E-state index in [9.17, 15) is 5.11 Å². The standard InChI is InChI=1S/C9H19O/c1-3-5-6-8-9(10)7-4-2/h9-10H,2-8H2,1H3. The highest BCUT2D eigenvalue weighted by Crippen LogP contribution is 2.07. The summed E-state index contributed by atoms with van der Waals surface area (Å²) >= 11 is 0. The SMILES string of the molecule is [CH2]CCC(O)CCCCC. The van der Waals surface area contributed by atoms with Crippen molar-refractivity contribution in [1.29, 1.82) is 0 Å². The number of rotatable bonds is 6. The van der Waals surface area contributed by atoms with Crippen molar-refractivity contribution in [3.05, 3.63) is 6.92 Å². The summed E-state index contributed by atoms with van der Waals surface area (Å²) in [4.78, 5) is 0. The molecule has 0 aromatic rings. The van der Waals surface area contributed by atoms with Crippen molar-refractivity contribution in [2.45, 2.75) is 51.6 Å². The summed E-state index contributed by atoms with van der Waals surface area (Å²) in [5.74, 6) is 0. The predicted molar refractivity (Wildman–Crippen MR) is 44.7 cm³/mol. The zero-order valence-electron chi connectivity index (χ0n) is 6.97. The molecule has 1 atom stereocenters. The smallest absolute Gasteiger partial charge is 0.0540 e. The van der Waals surface area contributed by atoms with Gasteiger partial charge in [-0.3, -0.25) is 0 Å². The highest BCUT2D eigenvalue weighted by Gasteiger charge is 2.00. The molecule has 0 aliphatic carbocycles. The van der Waals surface area contributed by atoms with Crippen LogP contribution in [0.1, 0.15) is 45.4 Å². The van der Waals surface area contributed by atoms with Crippen molar-refractivity contribution < 1.29 is 5.11 Å². The van der Waals surface area contributed by atoms with Crippen LogP contribution < -0.4 is 0 Å². The molecule has 1 heteroatoms. The lowest BCUT2D eigenvalue weighted by Crippen LogP contribution is -2.04. The molecular weight excluding hydrogens is 124 g/mol. The van der Waals surface area contributed by atoms with E-state index < -0.39 is 0 Å². The largest absolute Gasteiger partial charge is 0.393 e. The monoisotopic (exact) mass is 143 g/mol. The van der Waals surface area contributed by atoms with Gasteiger partial charge < -0.3 is 5.11 Å². The maximum absolute atomic E-state index is 9.24. The quantitative estimate of drug-likeness (QED) is 0.566. The lowest BCUT2D eigenvalue weighted by molar-refractivity contribution is 0.152. The molecule has 1 nitrogen and oxygen atoms in total. The van der Waals surface area contributed by atoms with Crippen LogP contribution in [0, 0.1) is 6.92 Å². The summed E-state index contributed by atoms with van der Waals surface area (Å²) < 4.78 is 0.